The minimum absolute atomic E-state index is 0.0918. The summed E-state index contributed by atoms with van der Waals surface area (Å²) in [5, 5.41) is 4.93. The Labute approximate surface area is 153 Å². The van der Waals surface area contributed by atoms with Crippen molar-refractivity contribution >= 4 is 37.1 Å². The molecule has 7 heteroatoms. The summed E-state index contributed by atoms with van der Waals surface area (Å²) in [5.41, 5.74) is 3.77. The van der Waals surface area contributed by atoms with Crippen LogP contribution in [-0.4, -0.2) is 8.42 Å². The molecule has 0 atom stereocenters. The van der Waals surface area contributed by atoms with Crippen molar-refractivity contribution in [1.82, 2.24) is 0 Å². The zero-order chi connectivity index (χ0) is 18.4. The predicted molar refractivity (Wildman–Crippen MR) is 97.3 cm³/mol. The maximum absolute atomic E-state index is 14.5. The van der Waals surface area contributed by atoms with Gasteiger partial charge in [0.2, 0.25) is 10.0 Å². The first-order chi connectivity index (χ1) is 11.7. The quantitative estimate of drug-likeness (QED) is 0.765. The Morgan fingerprint density at radius 2 is 1.72 bits per heavy atom. The Kier molecular flexibility index (Phi) is 4.83. The molecule has 2 aromatic carbocycles. The van der Waals surface area contributed by atoms with Crippen LogP contribution in [0, 0.1) is 18.6 Å². The summed E-state index contributed by atoms with van der Waals surface area (Å²) in [6.45, 7) is 1.97. The van der Waals surface area contributed by atoms with Crippen LogP contribution in [0.5, 0.6) is 0 Å². The number of primary sulfonamides is 1. The lowest BCUT2D eigenvalue weighted by Gasteiger charge is -2.12. The molecule has 0 saturated carbocycles. The van der Waals surface area contributed by atoms with E-state index in [0.29, 0.717) is 18.1 Å². The number of nitrogens with two attached hydrogens (primary N) is 1. The van der Waals surface area contributed by atoms with Crippen LogP contribution in [-0.2, 0) is 10.0 Å². The van der Waals surface area contributed by atoms with Gasteiger partial charge < -0.3 is 0 Å². The summed E-state index contributed by atoms with van der Waals surface area (Å²) >= 11 is 3.49. The van der Waals surface area contributed by atoms with Gasteiger partial charge in [-0.2, -0.15) is 0 Å². The van der Waals surface area contributed by atoms with Gasteiger partial charge in [0.1, 0.15) is 16.5 Å². The number of hydrogen-bond donors (Lipinski definition) is 1. The van der Waals surface area contributed by atoms with Gasteiger partial charge in [0.25, 0.3) is 0 Å². The van der Waals surface area contributed by atoms with Gasteiger partial charge in [-0.15, -0.1) is 0 Å². The molecule has 0 bridgehead atoms. The van der Waals surface area contributed by atoms with Gasteiger partial charge in [-0.3, -0.25) is 0 Å². The van der Waals surface area contributed by atoms with E-state index in [1.807, 2.05) is 25.1 Å². The van der Waals surface area contributed by atoms with Gasteiger partial charge in [0.05, 0.1) is 0 Å². The molecule has 1 aliphatic carbocycles. The number of sulfonamides is 1. The Bertz CT molecular complexity index is 1000. The molecule has 0 aromatic heterocycles. The van der Waals surface area contributed by atoms with Crippen molar-refractivity contribution in [1.29, 1.82) is 0 Å². The zero-order valence-electron chi connectivity index (χ0n) is 13.4. The number of halogens is 3. The summed E-state index contributed by atoms with van der Waals surface area (Å²) in [4.78, 5) is -0.827. The minimum atomic E-state index is -4.31. The van der Waals surface area contributed by atoms with E-state index in [-0.39, 0.29) is 5.56 Å². The number of aryl methyl sites for hydroxylation is 1. The van der Waals surface area contributed by atoms with Crippen LogP contribution in [0.4, 0.5) is 8.78 Å². The highest BCUT2D eigenvalue weighted by Gasteiger charge is 2.24. The molecule has 0 unspecified atom stereocenters. The average Bonchev–Trinajstić information content (AvgIpc) is 3.00. The molecule has 2 N–H and O–H groups in total. The first-order valence-corrected chi connectivity index (χ1v) is 10.0. The molecule has 0 amide bonds. The second-order valence-corrected chi connectivity index (χ2v) is 8.47. The Hall–Kier alpha value is -1.57. The van der Waals surface area contributed by atoms with Crippen LogP contribution in [0.3, 0.4) is 0 Å². The number of benzene rings is 2. The molecule has 0 saturated heterocycles. The molecule has 0 spiro atoms. The van der Waals surface area contributed by atoms with Crippen LogP contribution in [0.25, 0.3) is 11.1 Å². The van der Waals surface area contributed by atoms with E-state index in [9.17, 15) is 17.2 Å². The van der Waals surface area contributed by atoms with Crippen molar-refractivity contribution in [3.8, 4) is 0 Å². The maximum atomic E-state index is 14.5. The highest BCUT2D eigenvalue weighted by Crippen LogP contribution is 2.42. The molecule has 0 fully saturated rings. The summed E-state index contributed by atoms with van der Waals surface area (Å²) < 4.78 is 52.3. The van der Waals surface area contributed by atoms with E-state index in [2.05, 4.69) is 15.9 Å². The molecule has 1 aliphatic rings. The molecule has 2 aromatic rings. The molecule has 132 valence electrons. The van der Waals surface area contributed by atoms with E-state index < -0.39 is 26.6 Å². The highest BCUT2D eigenvalue weighted by molar-refractivity contribution is 9.10. The lowest BCUT2D eigenvalue weighted by atomic mass is 9.96. The first kappa shape index (κ1) is 18.2. The van der Waals surface area contributed by atoms with Gasteiger partial charge in [-0.1, -0.05) is 28.1 Å². The summed E-state index contributed by atoms with van der Waals surface area (Å²) in [7, 11) is -4.31. The Balaban J connectivity index is 2.17. The zero-order valence-corrected chi connectivity index (χ0v) is 15.8. The monoisotopic (exact) mass is 427 g/mol. The van der Waals surface area contributed by atoms with E-state index >= 15 is 0 Å². The van der Waals surface area contributed by atoms with E-state index in [0.717, 1.165) is 40.1 Å². The molecule has 3 nitrogen and oxygen atoms in total. The smallest absolute Gasteiger partial charge is 0.225 e. The first-order valence-electron chi connectivity index (χ1n) is 7.69. The fourth-order valence-electron chi connectivity index (χ4n) is 3.12. The fourth-order valence-corrected chi connectivity index (χ4v) is 4.10. The lowest BCUT2D eigenvalue weighted by Crippen LogP contribution is -2.15. The van der Waals surface area contributed by atoms with Crippen molar-refractivity contribution in [3.63, 3.8) is 0 Å². The Morgan fingerprint density at radius 1 is 1.04 bits per heavy atom. The van der Waals surface area contributed by atoms with E-state index in [1.165, 1.54) is 0 Å². The van der Waals surface area contributed by atoms with Gasteiger partial charge in [0.15, 0.2) is 0 Å². The third-order valence-electron chi connectivity index (χ3n) is 4.39. The average molecular weight is 428 g/mol. The van der Waals surface area contributed by atoms with Crippen LogP contribution < -0.4 is 5.14 Å². The summed E-state index contributed by atoms with van der Waals surface area (Å²) in [6.07, 6.45) is 2.18. The second kappa shape index (κ2) is 6.63. The molecule has 0 aliphatic heterocycles. The van der Waals surface area contributed by atoms with E-state index in [4.69, 9.17) is 5.14 Å². The van der Waals surface area contributed by atoms with Gasteiger partial charge >= 0.3 is 0 Å². The third kappa shape index (κ3) is 3.54. The van der Waals surface area contributed by atoms with Crippen molar-refractivity contribution in [2.45, 2.75) is 31.1 Å². The maximum Gasteiger partial charge on any atom is 0.241 e. The molecular weight excluding hydrogens is 412 g/mol. The summed E-state index contributed by atoms with van der Waals surface area (Å²) in [5.74, 6) is -1.83. The Morgan fingerprint density at radius 3 is 2.36 bits per heavy atom. The lowest BCUT2D eigenvalue weighted by molar-refractivity contribution is 0.552. The number of hydrogen-bond acceptors (Lipinski definition) is 2. The number of allylic oxidation sites excluding steroid dienone is 2. The minimum Gasteiger partial charge on any atom is -0.225 e. The van der Waals surface area contributed by atoms with Crippen molar-refractivity contribution < 1.29 is 17.2 Å². The molecule has 3 rings (SSSR count). The SMILES string of the molecule is Cc1ccc(C2=C(c3cc(F)c(S(N)(=O)=O)cc3F)CCC2)cc1Br. The van der Waals surface area contributed by atoms with Crippen molar-refractivity contribution in [3.05, 3.63) is 63.1 Å². The largest absolute Gasteiger partial charge is 0.241 e. The second-order valence-electron chi connectivity index (χ2n) is 6.08. The van der Waals surface area contributed by atoms with Crippen LogP contribution in [0.15, 0.2) is 39.7 Å². The summed E-state index contributed by atoms with van der Waals surface area (Å²) in [6, 6.07) is 7.47. The van der Waals surface area contributed by atoms with Crippen molar-refractivity contribution in [2.24, 2.45) is 5.14 Å². The number of rotatable bonds is 3. The topological polar surface area (TPSA) is 60.2 Å². The van der Waals surface area contributed by atoms with Gasteiger partial charge in [-0.05, 0) is 66.7 Å². The fraction of sp³-hybridized carbons (Fsp3) is 0.222. The van der Waals surface area contributed by atoms with Crippen LogP contribution in [0.2, 0.25) is 0 Å². The highest BCUT2D eigenvalue weighted by atomic mass is 79.9. The van der Waals surface area contributed by atoms with E-state index in [1.54, 1.807) is 0 Å². The molecular formula is C18H16BrF2NO2S. The third-order valence-corrected chi connectivity index (χ3v) is 6.17. The van der Waals surface area contributed by atoms with Gasteiger partial charge in [0, 0.05) is 10.0 Å². The molecule has 0 heterocycles. The van der Waals surface area contributed by atoms with Gasteiger partial charge in [-0.25, -0.2) is 22.3 Å². The predicted octanol–water partition coefficient (Wildman–Crippen LogP) is 4.78. The normalized spacial score (nSPS) is 15.1. The molecule has 0 radical (unpaired) electrons. The standard InChI is InChI=1S/C18H16BrF2NO2S/c1-10-5-6-11(7-15(10)19)12-3-2-4-13(12)14-8-17(21)18(9-16(14)20)25(22,23)24/h5-9H,2-4H2,1H3,(H2,22,23,24). The van der Waals surface area contributed by atoms with Crippen molar-refractivity contribution in [2.75, 3.05) is 0 Å². The molecule has 25 heavy (non-hydrogen) atoms. The van der Waals surface area contributed by atoms with Crippen LogP contribution >= 0.6 is 15.9 Å². The van der Waals surface area contributed by atoms with Crippen LogP contribution in [0.1, 0.15) is 36.0 Å².